The SMILES string of the molecule is CNC(=O)N1CCN=C1COc1cccc(C)c1C. The zero-order chi connectivity index (χ0) is 13.8. The van der Waals surface area contributed by atoms with Crippen LogP contribution < -0.4 is 10.1 Å². The quantitative estimate of drug-likeness (QED) is 0.901. The number of rotatable bonds is 3. The summed E-state index contributed by atoms with van der Waals surface area (Å²) >= 11 is 0. The average molecular weight is 261 g/mol. The number of carbonyl (C=O) groups excluding carboxylic acids is 1. The number of hydrogen-bond donors (Lipinski definition) is 1. The van der Waals surface area contributed by atoms with Gasteiger partial charge >= 0.3 is 6.03 Å². The first-order chi connectivity index (χ1) is 9.13. The Labute approximate surface area is 113 Å². The molecule has 0 fully saturated rings. The summed E-state index contributed by atoms with van der Waals surface area (Å²) in [6, 6.07) is 5.81. The smallest absolute Gasteiger partial charge is 0.322 e. The summed E-state index contributed by atoms with van der Waals surface area (Å²) in [5.74, 6) is 1.52. The second-order valence-corrected chi connectivity index (χ2v) is 4.49. The van der Waals surface area contributed by atoms with Gasteiger partial charge in [0.2, 0.25) is 0 Å². The molecule has 2 rings (SSSR count). The number of aryl methyl sites for hydroxylation is 1. The molecule has 0 aliphatic carbocycles. The lowest BCUT2D eigenvalue weighted by molar-refractivity contribution is 0.223. The third-order valence-corrected chi connectivity index (χ3v) is 3.30. The van der Waals surface area contributed by atoms with Crippen LogP contribution in [0, 0.1) is 13.8 Å². The minimum absolute atomic E-state index is 0.138. The molecule has 0 unspecified atom stereocenters. The Morgan fingerprint density at radius 3 is 3.00 bits per heavy atom. The highest BCUT2D eigenvalue weighted by molar-refractivity contribution is 5.99. The number of amides is 2. The van der Waals surface area contributed by atoms with E-state index in [-0.39, 0.29) is 6.03 Å². The number of aliphatic imine (C=N–C) groups is 1. The number of nitrogens with one attached hydrogen (secondary N) is 1. The molecule has 1 aromatic rings. The van der Waals surface area contributed by atoms with Gasteiger partial charge in [0, 0.05) is 13.6 Å². The van der Waals surface area contributed by atoms with Crippen LogP contribution in [0.3, 0.4) is 0 Å². The summed E-state index contributed by atoms with van der Waals surface area (Å²) in [6.45, 7) is 5.64. The van der Waals surface area contributed by atoms with Gasteiger partial charge in [0.25, 0.3) is 0 Å². The first kappa shape index (κ1) is 13.4. The molecule has 1 aliphatic heterocycles. The Morgan fingerprint density at radius 1 is 1.47 bits per heavy atom. The molecule has 5 nitrogen and oxygen atoms in total. The molecule has 1 aliphatic rings. The molecule has 0 spiro atoms. The summed E-state index contributed by atoms with van der Waals surface area (Å²) in [5.41, 5.74) is 2.31. The predicted molar refractivity (Wildman–Crippen MR) is 74.9 cm³/mol. The van der Waals surface area contributed by atoms with E-state index in [9.17, 15) is 4.79 Å². The second-order valence-electron chi connectivity index (χ2n) is 4.49. The number of urea groups is 1. The van der Waals surface area contributed by atoms with Crippen molar-refractivity contribution in [2.75, 3.05) is 26.7 Å². The Hall–Kier alpha value is -2.04. The fourth-order valence-electron chi connectivity index (χ4n) is 1.99. The first-order valence-corrected chi connectivity index (χ1v) is 6.35. The number of hydrogen-bond acceptors (Lipinski definition) is 3. The maximum atomic E-state index is 11.6. The zero-order valence-electron chi connectivity index (χ0n) is 11.6. The fourth-order valence-corrected chi connectivity index (χ4v) is 1.99. The largest absolute Gasteiger partial charge is 0.485 e. The van der Waals surface area contributed by atoms with Gasteiger partial charge in [0.15, 0.2) is 0 Å². The number of benzene rings is 1. The van der Waals surface area contributed by atoms with Gasteiger partial charge in [0.05, 0.1) is 6.54 Å². The van der Waals surface area contributed by atoms with E-state index in [0.717, 1.165) is 11.3 Å². The normalized spacial score (nSPS) is 14.3. The van der Waals surface area contributed by atoms with Crippen molar-refractivity contribution in [3.63, 3.8) is 0 Å². The highest BCUT2D eigenvalue weighted by Gasteiger charge is 2.23. The van der Waals surface area contributed by atoms with Crippen LogP contribution in [0.5, 0.6) is 5.75 Å². The third kappa shape index (κ3) is 2.86. The lowest BCUT2D eigenvalue weighted by Gasteiger charge is -2.18. The predicted octanol–water partition coefficient (Wildman–Crippen LogP) is 1.74. The molecule has 1 heterocycles. The molecule has 5 heteroatoms. The number of ether oxygens (including phenoxy) is 1. The van der Waals surface area contributed by atoms with Crippen molar-refractivity contribution < 1.29 is 9.53 Å². The lowest BCUT2D eigenvalue weighted by atomic mass is 10.1. The van der Waals surface area contributed by atoms with Crippen LogP contribution in [0.4, 0.5) is 4.79 Å². The molecule has 0 radical (unpaired) electrons. The summed E-state index contributed by atoms with van der Waals surface area (Å²) in [7, 11) is 1.61. The molecule has 102 valence electrons. The van der Waals surface area contributed by atoms with Crippen LogP contribution in [-0.4, -0.2) is 43.5 Å². The molecule has 0 aromatic heterocycles. The summed E-state index contributed by atoms with van der Waals surface area (Å²) in [5, 5.41) is 2.61. The van der Waals surface area contributed by atoms with Crippen LogP contribution in [0.1, 0.15) is 11.1 Å². The van der Waals surface area contributed by atoms with Crippen molar-refractivity contribution in [3.05, 3.63) is 29.3 Å². The molecule has 0 saturated carbocycles. The van der Waals surface area contributed by atoms with Gasteiger partial charge < -0.3 is 10.1 Å². The number of nitrogens with zero attached hydrogens (tertiary/aromatic N) is 2. The van der Waals surface area contributed by atoms with E-state index in [2.05, 4.69) is 10.3 Å². The Balaban J connectivity index is 2.02. The van der Waals surface area contributed by atoms with Gasteiger partial charge in [-0.1, -0.05) is 12.1 Å². The van der Waals surface area contributed by atoms with Gasteiger partial charge in [-0.25, -0.2) is 4.79 Å². The van der Waals surface area contributed by atoms with Crippen LogP contribution in [-0.2, 0) is 0 Å². The van der Waals surface area contributed by atoms with Crippen LogP contribution in [0.25, 0.3) is 0 Å². The minimum atomic E-state index is -0.138. The lowest BCUT2D eigenvalue weighted by Crippen LogP contribution is -2.42. The van der Waals surface area contributed by atoms with Gasteiger partial charge in [0.1, 0.15) is 18.2 Å². The van der Waals surface area contributed by atoms with Crippen molar-refractivity contribution in [2.45, 2.75) is 13.8 Å². The standard InChI is InChI=1S/C14H19N3O2/c1-10-5-4-6-12(11(10)2)19-9-13-16-7-8-17(13)14(18)15-3/h4-6H,7-9H2,1-3H3,(H,15,18). The molecule has 1 aromatic carbocycles. The fraction of sp³-hybridized carbons (Fsp3) is 0.429. The summed E-state index contributed by atoms with van der Waals surface area (Å²) in [6.07, 6.45) is 0. The first-order valence-electron chi connectivity index (χ1n) is 6.35. The van der Waals surface area contributed by atoms with E-state index in [1.54, 1.807) is 11.9 Å². The molecule has 0 atom stereocenters. The molecular weight excluding hydrogens is 242 g/mol. The Bertz CT molecular complexity index is 511. The summed E-state index contributed by atoms with van der Waals surface area (Å²) in [4.78, 5) is 17.6. The Kier molecular flexibility index (Phi) is 4.04. The van der Waals surface area contributed by atoms with Crippen molar-refractivity contribution in [1.29, 1.82) is 0 Å². The molecule has 0 saturated heterocycles. The zero-order valence-corrected chi connectivity index (χ0v) is 11.6. The van der Waals surface area contributed by atoms with E-state index >= 15 is 0 Å². The van der Waals surface area contributed by atoms with E-state index in [1.165, 1.54) is 5.56 Å². The Morgan fingerprint density at radius 2 is 2.26 bits per heavy atom. The number of amidine groups is 1. The van der Waals surface area contributed by atoms with Crippen molar-refractivity contribution in [3.8, 4) is 5.75 Å². The van der Waals surface area contributed by atoms with Crippen LogP contribution in [0.2, 0.25) is 0 Å². The van der Waals surface area contributed by atoms with Gasteiger partial charge in [-0.15, -0.1) is 0 Å². The van der Waals surface area contributed by atoms with Crippen molar-refractivity contribution in [1.82, 2.24) is 10.2 Å². The van der Waals surface area contributed by atoms with Crippen LogP contribution in [0.15, 0.2) is 23.2 Å². The maximum absolute atomic E-state index is 11.6. The van der Waals surface area contributed by atoms with Gasteiger partial charge in [-0.3, -0.25) is 9.89 Å². The molecular formula is C14H19N3O2. The van der Waals surface area contributed by atoms with Gasteiger partial charge in [-0.05, 0) is 31.0 Å². The number of carbonyl (C=O) groups is 1. The van der Waals surface area contributed by atoms with E-state index in [0.29, 0.717) is 25.5 Å². The third-order valence-electron chi connectivity index (χ3n) is 3.30. The topological polar surface area (TPSA) is 53.9 Å². The van der Waals surface area contributed by atoms with E-state index in [4.69, 9.17) is 4.74 Å². The van der Waals surface area contributed by atoms with E-state index in [1.807, 2.05) is 32.0 Å². The average Bonchev–Trinajstić information content (AvgIpc) is 2.88. The highest BCUT2D eigenvalue weighted by Crippen LogP contribution is 2.20. The summed E-state index contributed by atoms with van der Waals surface area (Å²) < 4.78 is 5.77. The monoisotopic (exact) mass is 261 g/mol. The molecule has 0 bridgehead atoms. The van der Waals surface area contributed by atoms with Crippen LogP contribution >= 0.6 is 0 Å². The molecule has 1 N–H and O–H groups in total. The second kappa shape index (κ2) is 5.73. The maximum Gasteiger partial charge on any atom is 0.322 e. The molecule has 2 amide bonds. The minimum Gasteiger partial charge on any atom is -0.485 e. The molecule has 19 heavy (non-hydrogen) atoms. The highest BCUT2D eigenvalue weighted by atomic mass is 16.5. The van der Waals surface area contributed by atoms with Crippen molar-refractivity contribution >= 4 is 11.9 Å². The van der Waals surface area contributed by atoms with Crippen molar-refractivity contribution in [2.24, 2.45) is 4.99 Å². The van der Waals surface area contributed by atoms with Gasteiger partial charge in [-0.2, -0.15) is 0 Å². The van der Waals surface area contributed by atoms with E-state index < -0.39 is 0 Å².